The summed E-state index contributed by atoms with van der Waals surface area (Å²) in [6, 6.07) is 12.4. The van der Waals surface area contributed by atoms with E-state index in [0.717, 1.165) is 5.56 Å². The highest BCUT2D eigenvalue weighted by Gasteiger charge is 2.42. The Labute approximate surface area is 181 Å². The van der Waals surface area contributed by atoms with Gasteiger partial charge in [0.15, 0.2) is 0 Å². The van der Waals surface area contributed by atoms with Crippen LogP contribution >= 0.6 is 0 Å². The van der Waals surface area contributed by atoms with Gasteiger partial charge < -0.3 is 4.90 Å². The number of hydrogen-bond donors (Lipinski definition) is 0. The van der Waals surface area contributed by atoms with Gasteiger partial charge in [0, 0.05) is 26.2 Å². The second kappa shape index (κ2) is 7.74. The monoisotopic (exact) mass is 463 g/mol. The average Bonchev–Trinajstić information content (AvgIpc) is 2.95. The smallest absolute Gasteiger partial charge is 0.269 e. The quantitative estimate of drug-likeness (QED) is 0.659. The van der Waals surface area contributed by atoms with E-state index in [4.69, 9.17) is 0 Å². The van der Waals surface area contributed by atoms with Crippen molar-refractivity contribution in [2.45, 2.75) is 16.7 Å². The SMILES string of the molecule is Cc1ccc(S(=O)(=O)N2CCN(C(=O)CN3C(=O)c4ccccc4S3(=O)=O)CC2)cc1. The van der Waals surface area contributed by atoms with Crippen LogP contribution in [-0.2, 0) is 24.8 Å². The molecule has 0 bridgehead atoms. The van der Waals surface area contributed by atoms with E-state index >= 15 is 0 Å². The van der Waals surface area contributed by atoms with E-state index in [1.807, 2.05) is 6.92 Å². The van der Waals surface area contributed by atoms with E-state index < -0.39 is 38.4 Å². The van der Waals surface area contributed by atoms with Gasteiger partial charge >= 0.3 is 0 Å². The molecule has 1 fully saturated rings. The van der Waals surface area contributed by atoms with Crippen LogP contribution in [0.1, 0.15) is 15.9 Å². The van der Waals surface area contributed by atoms with Crippen molar-refractivity contribution in [3.63, 3.8) is 0 Å². The molecule has 0 spiro atoms. The first kappa shape index (κ1) is 21.5. The first-order chi connectivity index (χ1) is 14.6. The second-order valence-electron chi connectivity index (χ2n) is 7.41. The Morgan fingerprint density at radius 1 is 0.968 bits per heavy atom. The zero-order valence-corrected chi connectivity index (χ0v) is 18.4. The largest absolute Gasteiger partial charge is 0.338 e. The molecule has 0 atom stereocenters. The van der Waals surface area contributed by atoms with E-state index in [-0.39, 0.29) is 41.5 Å². The predicted molar refractivity (Wildman–Crippen MR) is 111 cm³/mol. The van der Waals surface area contributed by atoms with Crippen LogP contribution in [-0.4, -0.2) is 74.9 Å². The molecule has 4 rings (SSSR count). The minimum absolute atomic E-state index is 0.0457. The molecule has 31 heavy (non-hydrogen) atoms. The highest BCUT2D eigenvalue weighted by molar-refractivity contribution is 7.90. The zero-order chi connectivity index (χ0) is 22.4. The third kappa shape index (κ3) is 3.73. The van der Waals surface area contributed by atoms with Crippen molar-refractivity contribution in [2.75, 3.05) is 32.7 Å². The summed E-state index contributed by atoms with van der Waals surface area (Å²) in [6.07, 6.45) is 0. The standard InChI is InChI=1S/C20H21N3O6S2/c1-15-6-8-16(9-7-15)30(26,27)22-12-10-21(11-13-22)19(24)14-23-20(25)17-4-2-3-5-18(17)31(23,28)29/h2-9H,10-14H2,1H3. The molecule has 0 unspecified atom stereocenters. The Bertz CT molecular complexity index is 1250. The van der Waals surface area contributed by atoms with Crippen LogP contribution in [0, 0.1) is 6.92 Å². The molecule has 2 aromatic carbocycles. The molecular weight excluding hydrogens is 442 g/mol. The lowest BCUT2D eigenvalue weighted by Crippen LogP contribution is -2.53. The Kier molecular flexibility index (Phi) is 5.36. The number of sulfonamides is 2. The predicted octanol–water partition coefficient (Wildman–Crippen LogP) is 0.673. The summed E-state index contributed by atoms with van der Waals surface area (Å²) in [7, 11) is -7.75. The average molecular weight is 464 g/mol. The van der Waals surface area contributed by atoms with Gasteiger partial charge in [0.2, 0.25) is 15.9 Å². The molecule has 0 aromatic heterocycles. The summed E-state index contributed by atoms with van der Waals surface area (Å²) in [5.74, 6) is -1.28. The van der Waals surface area contributed by atoms with E-state index in [2.05, 4.69) is 0 Å². The number of carbonyl (C=O) groups excluding carboxylic acids is 2. The number of piperazine rings is 1. The molecule has 0 aliphatic carbocycles. The number of hydrogen-bond acceptors (Lipinski definition) is 6. The van der Waals surface area contributed by atoms with Crippen molar-refractivity contribution in [1.82, 2.24) is 13.5 Å². The van der Waals surface area contributed by atoms with Crippen molar-refractivity contribution < 1.29 is 26.4 Å². The summed E-state index contributed by atoms with van der Waals surface area (Å²) in [5.41, 5.74) is 0.993. The molecule has 2 heterocycles. The van der Waals surface area contributed by atoms with Gasteiger partial charge in [-0.2, -0.15) is 4.31 Å². The third-order valence-corrected chi connectivity index (χ3v) is 9.14. The number of fused-ring (bicyclic) bond motifs is 1. The van der Waals surface area contributed by atoms with E-state index in [9.17, 15) is 26.4 Å². The third-order valence-electron chi connectivity index (χ3n) is 5.44. The number of nitrogens with zero attached hydrogens (tertiary/aromatic N) is 3. The van der Waals surface area contributed by atoms with Crippen LogP contribution < -0.4 is 0 Å². The highest BCUT2D eigenvalue weighted by Crippen LogP contribution is 2.29. The van der Waals surface area contributed by atoms with Gasteiger partial charge in [0.05, 0.1) is 10.5 Å². The van der Waals surface area contributed by atoms with Crippen molar-refractivity contribution in [3.8, 4) is 0 Å². The van der Waals surface area contributed by atoms with Gasteiger partial charge in [0.1, 0.15) is 11.4 Å². The summed E-state index contributed by atoms with van der Waals surface area (Å²) >= 11 is 0. The van der Waals surface area contributed by atoms with Crippen LogP contribution in [0.2, 0.25) is 0 Å². The molecule has 11 heteroatoms. The normalized spacial score (nSPS) is 18.8. The van der Waals surface area contributed by atoms with Crippen molar-refractivity contribution >= 4 is 31.9 Å². The molecule has 2 aromatic rings. The molecule has 0 N–H and O–H groups in total. The molecular formula is C20H21N3O6S2. The Hall–Kier alpha value is -2.76. The first-order valence-corrected chi connectivity index (χ1v) is 12.5. The molecule has 0 radical (unpaired) electrons. The fraction of sp³-hybridized carbons (Fsp3) is 0.300. The van der Waals surface area contributed by atoms with Crippen molar-refractivity contribution in [2.24, 2.45) is 0 Å². The summed E-state index contributed by atoms with van der Waals surface area (Å²) < 4.78 is 52.7. The van der Waals surface area contributed by atoms with Gasteiger partial charge in [-0.3, -0.25) is 9.59 Å². The molecule has 2 aliphatic rings. The molecule has 2 amide bonds. The van der Waals surface area contributed by atoms with Crippen LogP contribution in [0.25, 0.3) is 0 Å². The summed E-state index contributed by atoms with van der Waals surface area (Å²) in [6.45, 7) is 1.65. The van der Waals surface area contributed by atoms with Crippen LogP contribution in [0.15, 0.2) is 58.3 Å². The topological polar surface area (TPSA) is 112 Å². The Balaban J connectivity index is 1.42. The molecule has 0 saturated carbocycles. The van der Waals surface area contributed by atoms with Gasteiger partial charge in [-0.05, 0) is 31.2 Å². The maximum Gasteiger partial charge on any atom is 0.269 e. The first-order valence-electron chi connectivity index (χ1n) is 9.63. The van der Waals surface area contributed by atoms with Gasteiger partial charge in [0.25, 0.3) is 15.9 Å². The van der Waals surface area contributed by atoms with Crippen molar-refractivity contribution in [1.29, 1.82) is 0 Å². The van der Waals surface area contributed by atoms with Crippen LogP contribution in [0.4, 0.5) is 0 Å². The molecule has 164 valence electrons. The van der Waals surface area contributed by atoms with Gasteiger partial charge in [-0.15, -0.1) is 0 Å². The van der Waals surface area contributed by atoms with E-state index in [1.54, 1.807) is 30.3 Å². The van der Waals surface area contributed by atoms with E-state index in [0.29, 0.717) is 4.31 Å². The maximum absolute atomic E-state index is 12.8. The van der Waals surface area contributed by atoms with Crippen LogP contribution in [0.3, 0.4) is 0 Å². The fourth-order valence-electron chi connectivity index (χ4n) is 3.65. The number of carbonyl (C=O) groups is 2. The van der Waals surface area contributed by atoms with Crippen molar-refractivity contribution in [3.05, 3.63) is 59.7 Å². The molecule has 9 nitrogen and oxygen atoms in total. The summed E-state index contributed by atoms with van der Waals surface area (Å²) in [4.78, 5) is 26.6. The summed E-state index contributed by atoms with van der Waals surface area (Å²) in [5, 5.41) is 0. The number of amides is 2. The molecule has 1 saturated heterocycles. The molecule has 2 aliphatic heterocycles. The lowest BCUT2D eigenvalue weighted by atomic mass is 10.2. The number of aryl methyl sites for hydroxylation is 1. The maximum atomic E-state index is 12.8. The fourth-order valence-corrected chi connectivity index (χ4v) is 6.59. The van der Waals surface area contributed by atoms with Crippen LogP contribution in [0.5, 0.6) is 0 Å². The number of rotatable bonds is 4. The zero-order valence-electron chi connectivity index (χ0n) is 16.8. The lowest BCUT2D eigenvalue weighted by molar-refractivity contribution is -0.132. The minimum atomic E-state index is -4.07. The number of benzene rings is 2. The Morgan fingerprint density at radius 3 is 2.19 bits per heavy atom. The second-order valence-corrected chi connectivity index (χ2v) is 11.2. The van der Waals surface area contributed by atoms with E-state index in [1.165, 1.54) is 27.4 Å². The van der Waals surface area contributed by atoms with Gasteiger partial charge in [-0.25, -0.2) is 21.1 Å². The minimum Gasteiger partial charge on any atom is -0.338 e. The highest BCUT2D eigenvalue weighted by atomic mass is 32.2. The lowest BCUT2D eigenvalue weighted by Gasteiger charge is -2.34. The Morgan fingerprint density at radius 2 is 1.58 bits per heavy atom. The van der Waals surface area contributed by atoms with Gasteiger partial charge in [-0.1, -0.05) is 29.8 Å².